The number of aliphatic hydroxyl groups is 1. The van der Waals surface area contributed by atoms with E-state index in [9.17, 15) is 5.11 Å². The molecule has 1 aliphatic rings. The largest absolute Gasteiger partial charge is 0.393 e. The molecule has 6 nitrogen and oxygen atoms in total. The van der Waals surface area contributed by atoms with Crippen LogP contribution in [0.1, 0.15) is 19.3 Å². The van der Waals surface area contributed by atoms with E-state index in [4.69, 9.17) is 0 Å². The second-order valence-corrected chi connectivity index (χ2v) is 5.67. The van der Waals surface area contributed by atoms with E-state index in [0.717, 1.165) is 48.1 Å². The van der Waals surface area contributed by atoms with Gasteiger partial charge in [0.1, 0.15) is 12.0 Å². The van der Waals surface area contributed by atoms with E-state index < -0.39 is 0 Å². The van der Waals surface area contributed by atoms with Gasteiger partial charge in [0.2, 0.25) is 0 Å². The van der Waals surface area contributed by atoms with E-state index in [0.29, 0.717) is 5.92 Å². The Morgan fingerprint density at radius 2 is 2.29 bits per heavy atom. The Morgan fingerprint density at radius 1 is 1.33 bits per heavy atom. The molecule has 2 N–H and O–H groups in total. The van der Waals surface area contributed by atoms with Crippen LogP contribution in [0.25, 0.3) is 22.3 Å². The molecule has 3 heterocycles. The average molecular weight is 283 g/mol. The van der Waals surface area contributed by atoms with Crippen LogP contribution in [0.5, 0.6) is 0 Å². The lowest BCUT2D eigenvalue weighted by atomic mass is 10.1. The molecule has 0 saturated heterocycles. The van der Waals surface area contributed by atoms with Gasteiger partial charge in [-0.25, -0.2) is 9.97 Å². The minimum absolute atomic E-state index is 0.187. The summed E-state index contributed by atoms with van der Waals surface area (Å²) in [6.45, 7) is 0.766. The van der Waals surface area contributed by atoms with Crippen molar-refractivity contribution < 1.29 is 5.11 Å². The highest BCUT2D eigenvalue weighted by Gasteiger charge is 2.25. The quantitative estimate of drug-likeness (QED) is 0.770. The third-order valence-electron chi connectivity index (χ3n) is 4.30. The van der Waals surface area contributed by atoms with Gasteiger partial charge in [-0.3, -0.25) is 4.68 Å². The number of hydrogen-bond donors (Lipinski definition) is 2. The summed E-state index contributed by atoms with van der Waals surface area (Å²) in [5.74, 6) is 0.315. The number of hydrogen-bond acceptors (Lipinski definition) is 4. The van der Waals surface area contributed by atoms with Gasteiger partial charge in [0.05, 0.1) is 18.0 Å². The second kappa shape index (κ2) is 4.96. The zero-order chi connectivity index (χ0) is 14.2. The molecule has 0 spiro atoms. The van der Waals surface area contributed by atoms with Crippen LogP contribution in [0.3, 0.4) is 0 Å². The molecule has 6 heteroatoms. The Hall–Kier alpha value is -2.21. The molecule has 0 bridgehead atoms. The van der Waals surface area contributed by atoms with E-state index in [1.165, 1.54) is 0 Å². The summed E-state index contributed by atoms with van der Waals surface area (Å²) >= 11 is 0. The predicted molar refractivity (Wildman–Crippen MR) is 78.5 cm³/mol. The molecule has 4 rings (SSSR count). The fraction of sp³-hybridized carbons (Fsp3) is 0.400. The van der Waals surface area contributed by atoms with Crippen molar-refractivity contribution in [2.45, 2.75) is 31.9 Å². The number of aromatic amines is 1. The van der Waals surface area contributed by atoms with Gasteiger partial charge in [0, 0.05) is 35.8 Å². The first kappa shape index (κ1) is 12.5. The van der Waals surface area contributed by atoms with Gasteiger partial charge in [-0.1, -0.05) is 6.42 Å². The number of H-pyrrole nitrogens is 1. The van der Waals surface area contributed by atoms with E-state index in [2.05, 4.69) is 20.1 Å². The highest BCUT2D eigenvalue weighted by Crippen LogP contribution is 2.28. The third kappa shape index (κ3) is 2.21. The summed E-state index contributed by atoms with van der Waals surface area (Å²) in [6, 6.07) is 1.97. The average Bonchev–Trinajstić information content (AvgIpc) is 3.21. The Labute approximate surface area is 121 Å². The standard InChI is InChI=1S/C15H17N5O/c21-13-3-1-2-10(13)7-20-8-11(6-19-20)14-12-4-5-16-15(12)18-9-17-14/h4-6,8-10,13,21H,1-3,7H2,(H,16,17,18). The summed E-state index contributed by atoms with van der Waals surface area (Å²) in [5, 5.41) is 15.3. The topological polar surface area (TPSA) is 79.6 Å². The van der Waals surface area contributed by atoms with Crippen LogP contribution < -0.4 is 0 Å². The third-order valence-corrected chi connectivity index (χ3v) is 4.30. The minimum atomic E-state index is -0.187. The van der Waals surface area contributed by atoms with Crippen molar-refractivity contribution >= 4 is 11.0 Å². The van der Waals surface area contributed by atoms with Gasteiger partial charge in [0.15, 0.2) is 0 Å². The Kier molecular flexibility index (Phi) is 2.96. The lowest BCUT2D eigenvalue weighted by Crippen LogP contribution is -2.19. The number of aliphatic hydroxyl groups excluding tert-OH is 1. The summed E-state index contributed by atoms with van der Waals surface area (Å²) in [4.78, 5) is 11.7. The molecule has 3 aromatic rings. The van der Waals surface area contributed by atoms with Gasteiger partial charge in [-0.2, -0.15) is 5.10 Å². The molecular weight excluding hydrogens is 266 g/mol. The zero-order valence-electron chi connectivity index (χ0n) is 11.6. The van der Waals surface area contributed by atoms with Crippen molar-refractivity contribution in [3.63, 3.8) is 0 Å². The van der Waals surface area contributed by atoms with Gasteiger partial charge in [-0.15, -0.1) is 0 Å². The molecule has 0 aliphatic heterocycles. The van der Waals surface area contributed by atoms with Gasteiger partial charge in [0.25, 0.3) is 0 Å². The first-order valence-electron chi connectivity index (χ1n) is 7.30. The number of nitrogens with one attached hydrogen (secondary N) is 1. The molecule has 1 saturated carbocycles. The molecule has 0 amide bonds. The fourth-order valence-corrected chi connectivity index (χ4v) is 3.16. The monoisotopic (exact) mass is 283 g/mol. The number of aromatic nitrogens is 5. The van der Waals surface area contributed by atoms with Crippen molar-refractivity contribution in [1.82, 2.24) is 24.7 Å². The van der Waals surface area contributed by atoms with Crippen LogP contribution in [-0.2, 0) is 6.54 Å². The van der Waals surface area contributed by atoms with Crippen LogP contribution in [0.2, 0.25) is 0 Å². The predicted octanol–water partition coefficient (Wildman–Crippen LogP) is 1.98. The van der Waals surface area contributed by atoms with E-state index in [-0.39, 0.29) is 6.10 Å². The molecule has 0 radical (unpaired) electrons. The van der Waals surface area contributed by atoms with Crippen molar-refractivity contribution in [2.75, 3.05) is 0 Å². The van der Waals surface area contributed by atoms with E-state index in [1.807, 2.05) is 29.3 Å². The van der Waals surface area contributed by atoms with E-state index in [1.54, 1.807) is 6.33 Å². The summed E-state index contributed by atoms with van der Waals surface area (Å²) in [6.07, 6.45) is 10.2. The van der Waals surface area contributed by atoms with Crippen LogP contribution >= 0.6 is 0 Å². The lowest BCUT2D eigenvalue weighted by molar-refractivity contribution is 0.121. The number of fused-ring (bicyclic) bond motifs is 1. The maximum Gasteiger partial charge on any atom is 0.141 e. The molecule has 1 fully saturated rings. The van der Waals surface area contributed by atoms with Crippen LogP contribution in [0.15, 0.2) is 31.0 Å². The van der Waals surface area contributed by atoms with Crippen molar-refractivity contribution in [3.05, 3.63) is 31.0 Å². The summed E-state index contributed by atoms with van der Waals surface area (Å²) < 4.78 is 1.91. The normalized spacial score (nSPS) is 22.1. The summed E-state index contributed by atoms with van der Waals surface area (Å²) in [5.41, 5.74) is 2.70. The number of nitrogens with zero attached hydrogens (tertiary/aromatic N) is 4. The smallest absolute Gasteiger partial charge is 0.141 e. The van der Waals surface area contributed by atoms with Gasteiger partial charge in [-0.05, 0) is 18.9 Å². The molecular formula is C15H17N5O. The van der Waals surface area contributed by atoms with Crippen molar-refractivity contribution in [3.8, 4) is 11.3 Å². The highest BCUT2D eigenvalue weighted by atomic mass is 16.3. The van der Waals surface area contributed by atoms with Crippen molar-refractivity contribution in [1.29, 1.82) is 0 Å². The van der Waals surface area contributed by atoms with Crippen LogP contribution in [-0.4, -0.2) is 35.9 Å². The Balaban J connectivity index is 1.63. The molecule has 21 heavy (non-hydrogen) atoms. The van der Waals surface area contributed by atoms with Crippen LogP contribution in [0, 0.1) is 5.92 Å². The lowest BCUT2D eigenvalue weighted by Gasteiger charge is -2.13. The van der Waals surface area contributed by atoms with Crippen LogP contribution in [0.4, 0.5) is 0 Å². The van der Waals surface area contributed by atoms with Gasteiger partial charge < -0.3 is 10.1 Å². The SMILES string of the molecule is OC1CCCC1Cn1cc(-c2ncnc3[nH]ccc23)cn1. The molecule has 108 valence electrons. The van der Waals surface area contributed by atoms with Gasteiger partial charge >= 0.3 is 0 Å². The second-order valence-electron chi connectivity index (χ2n) is 5.67. The molecule has 0 aromatic carbocycles. The minimum Gasteiger partial charge on any atom is -0.393 e. The molecule has 2 unspecified atom stereocenters. The number of rotatable bonds is 3. The zero-order valence-corrected chi connectivity index (χ0v) is 11.6. The summed E-state index contributed by atoms with van der Waals surface area (Å²) in [7, 11) is 0. The first-order valence-corrected chi connectivity index (χ1v) is 7.30. The van der Waals surface area contributed by atoms with Crippen molar-refractivity contribution in [2.24, 2.45) is 5.92 Å². The molecule has 2 atom stereocenters. The molecule has 3 aromatic heterocycles. The fourth-order valence-electron chi connectivity index (χ4n) is 3.16. The Bertz CT molecular complexity index is 762. The maximum atomic E-state index is 9.92. The van der Waals surface area contributed by atoms with E-state index >= 15 is 0 Å². The molecule has 1 aliphatic carbocycles. The first-order chi connectivity index (χ1) is 10.3. The maximum absolute atomic E-state index is 9.92. The Morgan fingerprint density at radius 3 is 3.14 bits per heavy atom. The highest BCUT2D eigenvalue weighted by molar-refractivity contribution is 5.89.